The van der Waals surface area contributed by atoms with E-state index in [0.29, 0.717) is 0 Å². The molecule has 0 spiro atoms. The van der Waals surface area contributed by atoms with Gasteiger partial charge in [0.15, 0.2) is 0 Å². The van der Waals surface area contributed by atoms with Crippen LogP contribution < -0.4 is 5.32 Å². The van der Waals surface area contributed by atoms with Crippen LogP contribution in [0.25, 0.3) is 0 Å². The molecule has 2 amide bonds. The molecule has 0 saturated heterocycles. The summed E-state index contributed by atoms with van der Waals surface area (Å²) in [5.41, 5.74) is 0. The van der Waals surface area contributed by atoms with Gasteiger partial charge >= 0.3 is 5.97 Å². The first-order valence-corrected chi connectivity index (χ1v) is 3.09. The molecule has 0 unspecified atom stereocenters. The number of hydrogen-bond acceptors (Lipinski definition) is 4. The van der Waals surface area contributed by atoms with Gasteiger partial charge in [-0.05, 0) is 6.92 Å². The van der Waals surface area contributed by atoms with Crippen LogP contribution in [0.4, 0.5) is 0 Å². The lowest BCUT2D eigenvalue weighted by atomic mass is 10.4. The van der Waals surface area contributed by atoms with Crippen LogP contribution in [-0.4, -0.2) is 24.9 Å². The normalized spacial score (nSPS) is 8.45. The van der Waals surface area contributed by atoms with E-state index in [1.165, 1.54) is 0 Å². The molecule has 0 heterocycles. The minimum atomic E-state index is -0.654. The second kappa shape index (κ2) is 5.40. The monoisotopic (exact) mass is 159 g/mol. The Morgan fingerprint density at radius 1 is 1.55 bits per heavy atom. The lowest BCUT2D eigenvalue weighted by Crippen LogP contribution is -2.24. The number of rotatable bonds is 4. The summed E-state index contributed by atoms with van der Waals surface area (Å²) in [5.74, 6) is -1.29. The van der Waals surface area contributed by atoms with Crippen LogP contribution in [0.15, 0.2) is 0 Å². The van der Waals surface area contributed by atoms with Crippen molar-refractivity contribution in [2.75, 3.05) is 6.61 Å². The summed E-state index contributed by atoms with van der Waals surface area (Å²) in [7, 11) is 0. The predicted octanol–water partition coefficient (Wildman–Crippen LogP) is -0.788. The third-order valence-corrected chi connectivity index (χ3v) is 0.830. The lowest BCUT2D eigenvalue weighted by Gasteiger charge is -1.98. The maximum Gasteiger partial charge on any atom is 0.315 e. The van der Waals surface area contributed by atoms with Crippen LogP contribution in [0.3, 0.4) is 0 Å². The fraction of sp³-hybridized carbons (Fsp3) is 0.500. The SMILES string of the molecule is CCOC(=O)CC(=O)NC=O. The van der Waals surface area contributed by atoms with Crippen LogP contribution in [0.5, 0.6) is 0 Å². The fourth-order valence-corrected chi connectivity index (χ4v) is 0.460. The third-order valence-electron chi connectivity index (χ3n) is 0.830. The molecule has 0 saturated carbocycles. The molecular weight excluding hydrogens is 150 g/mol. The van der Waals surface area contributed by atoms with Gasteiger partial charge in [0, 0.05) is 0 Å². The quantitative estimate of drug-likeness (QED) is 0.331. The van der Waals surface area contributed by atoms with Gasteiger partial charge in [-0.25, -0.2) is 0 Å². The predicted molar refractivity (Wildman–Crippen MR) is 35.5 cm³/mol. The van der Waals surface area contributed by atoms with Crippen LogP contribution in [-0.2, 0) is 19.1 Å². The topological polar surface area (TPSA) is 72.5 Å². The van der Waals surface area contributed by atoms with E-state index in [0.717, 1.165) is 0 Å². The first kappa shape index (κ1) is 9.61. The Morgan fingerprint density at radius 3 is 2.64 bits per heavy atom. The molecule has 0 aromatic carbocycles. The Balaban J connectivity index is 3.57. The second-order valence-electron chi connectivity index (χ2n) is 1.67. The van der Waals surface area contributed by atoms with E-state index in [1.807, 2.05) is 5.32 Å². The summed E-state index contributed by atoms with van der Waals surface area (Å²) in [6, 6.07) is 0. The summed E-state index contributed by atoms with van der Waals surface area (Å²) >= 11 is 0. The first-order valence-electron chi connectivity index (χ1n) is 3.09. The van der Waals surface area contributed by atoms with Crippen LogP contribution in [0.1, 0.15) is 13.3 Å². The minimum Gasteiger partial charge on any atom is -0.466 e. The van der Waals surface area contributed by atoms with E-state index in [1.54, 1.807) is 6.92 Å². The molecule has 0 atom stereocenters. The van der Waals surface area contributed by atoms with Gasteiger partial charge in [-0.2, -0.15) is 0 Å². The zero-order valence-electron chi connectivity index (χ0n) is 6.12. The fourth-order valence-electron chi connectivity index (χ4n) is 0.460. The van der Waals surface area contributed by atoms with E-state index < -0.39 is 18.3 Å². The maximum atomic E-state index is 10.5. The molecule has 0 fully saturated rings. The smallest absolute Gasteiger partial charge is 0.315 e. The molecular formula is C6H9NO4. The third kappa shape index (κ3) is 5.07. The van der Waals surface area contributed by atoms with Crippen LogP contribution >= 0.6 is 0 Å². The van der Waals surface area contributed by atoms with Gasteiger partial charge in [-0.15, -0.1) is 0 Å². The number of amides is 2. The molecule has 5 nitrogen and oxygen atoms in total. The molecule has 0 aromatic heterocycles. The largest absolute Gasteiger partial charge is 0.466 e. The van der Waals surface area contributed by atoms with Gasteiger partial charge in [0.1, 0.15) is 6.42 Å². The molecule has 11 heavy (non-hydrogen) atoms. The van der Waals surface area contributed by atoms with E-state index >= 15 is 0 Å². The van der Waals surface area contributed by atoms with Gasteiger partial charge in [-0.3, -0.25) is 19.7 Å². The molecule has 0 aromatic rings. The number of hydrogen-bond donors (Lipinski definition) is 1. The van der Waals surface area contributed by atoms with E-state index in [9.17, 15) is 14.4 Å². The van der Waals surface area contributed by atoms with Gasteiger partial charge in [0.05, 0.1) is 6.61 Å². The van der Waals surface area contributed by atoms with Crippen molar-refractivity contribution in [2.24, 2.45) is 0 Å². The number of carbonyl (C=O) groups excluding carboxylic acids is 3. The highest BCUT2D eigenvalue weighted by Crippen LogP contribution is 1.84. The molecule has 0 aliphatic rings. The van der Waals surface area contributed by atoms with Crippen molar-refractivity contribution in [1.82, 2.24) is 5.32 Å². The van der Waals surface area contributed by atoms with Gasteiger partial charge in [0.25, 0.3) is 0 Å². The average molecular weight is 159 g/mol. The standard InChI is InChI=1S/C6H9NO4/c1-2-11-6(10)3-5(9)7-4-8/h4H,2-3H2,1H3,(H,7,8,9). The second-order valence-corrected chi connectivity index (χ2v) is 1.67. The summed E-state index contributed by atoms with van der Waals surface area (Å²) in [4.78, 5) is 30.7. The van der Waals surface area contributed by atoms with Crippen molar-refractivity contribution >= 4 is 18.3 Å². The van der Waals surface area contributed by atoms with Crippen molar-refractivity contribution in [1.29, 1.82) is 0 Å². The van der Waals surface area contributed by atoms with Gasteiger partial charge < -0.3 is 4.74 Å². The number of carbonyl (C=O) groups is 3. The maximum absolute atomic E-state index is 10.5. The number of imide groups is 1. The Labute approximate surface area is 63.7 Å². The van der Waals surface area contributed by atoms with Crippen LogP contribution in [0, 0.1) is 0 Å². The number of esters is 1. The van der Waals surface area contributed by atoms with Gasteiger partial charge in [0.2, 0.25) is 12.3 Å². The van der Waals surface area contributed by atoms with Crippen molar-refractivity contribution in [3.05, 3.63) is 0 Å². The molecule has 1 N–H and O–H groups in total. The molecule has 0 bridgehead atoms. The highest BCUT2D eigenvalue weighted by atomic mass is 16.5. The average Bonchev–Trinajstić information content (AvgIpc) is 1.87. The number of ether oxygens (including phenoxy) is 1. The highest BCUT2D eigenvalue weighted by molar-refractivity contribution is 5.98. The highest BCUT2D eigenvalue weighted by Gasteiger charge is 2.07. The first-order chi connectivity index (χ1) is 5.20. The molecule has 0 aliphatic heterocycles. The van der Waals surface area contributed by atoms with Crippen molar-refractivity contribution in [2.45, 2.75) is 13.3 Å². The molecule has 0 rings (SSSR count). The van der Waals surface area contributed by atoms with Gasteiger partial charge in [-0.1, -0.05) is 0 Å². The van der Waals surface area contributed by atoms with Crippen molar-refractivity contribution in [3.8, 4) is 0 Å². The summed E-state index contributed by atoms with van der Waals surface area (Å²) in [5, 5.41) is 1.81. The molecule has 62 valence electrons. The Kier molecular flexibility index (Phi) is 4.72. The Bertz CT molecular complexity index is 166. The van der Waals surface area contributed by atoms with Crippen LogP contribution in [0.2, 0.25) is 0 Å². The van der Waals surface area contributed by atoms with Crippen molar-refractivity contribution < 1.29 is 19.1 Å². The molecule has 5 heteroatoms. The Hall–Kier alpha value is -1.39. The molecule has 0 aliphatic carbocycles. The minimum absolute atomic E-state index is 0.224. The summed E-state index contributed by atoms with van der Waals surface area (Å²) < 4.78 is 4.44. The van der Waals surface area contributed by atoms with E-state index in [2.05, 4.69) is 4.74 Å². The zero-order valence-corrected chi connectivity index (χ0v) is 6.12. The van der Waals surface area contributed by atoms with E-state index in [4.69, 9.17) is 0 Å². The summed E-state index contributed by atoms with van der Waals surface area (Å²) in [6.07, 6.45) is -0.186. The lowest BCUT2D eigenvalue weighted by molar-refractivity contribution is -0.146. The molecule has 0 radical (unpaired) electrons. The van der Waals surface area contributed by atoms with E-state index in [-0.39, 0.29) is 13.0 Å². The Morgan fingerprint density at radius 2 is 2.18 bits per heavy atom. The van der Waals surface area contributed by atoms with Crippen molar-refractivity contribution in [3.63, 3.8) is 0 Å². The summed E-state index contributed by atoms with van der Waals surface area (Å²) in [6.45, 7) is 1.86. The zero-order chi connectivity index (χ0) is 8.69. The number of nitrogens with one attached hydrogen (secondary N) is 1.